The smallest absolute Gasteiger partial charge is 0.360 e. The number of fused-ring (bicyclic) bond motifs is 2. The number of hydrogen-bond acceptors (Lipinski definition) is 1. The summed E-state index contributed by atoms with van der Waals surface area (Å²) in [6.45, 7) is 10.2. The van der Waals surface area contributed by atoms with Gasteiger partial charge >= 0.3 is 6.92 Å². The monoisotopic (exact) mass is 264 g/mol. The molecular formula is C18H21BO. The molecule has 0 aromatic heterocycles. The predicted molar refractivity (Wildman–Crippen MR) is 86.6 cm³/mol. The molecule has 0 amide bonds. The molecule has 0 saturated carbocycles. The van der Waals surface area contributed by atoms with E-state index in [9.17, 15) is 5.02 Å². The van der Waals surface area contributed by atoms with Gasteiger partial charge in [-0.2, -0.15) is 0 Å². The van der Waals surface area contributed by atoms with E-state index in [1.54, 1.807) is 0 Å². The molecule has 1 heterocycles. The van der Waals surface area contributed by atoms with Crippen LogP contribution < -0.4 is 10.9 Å². The number of benzene rings is 2. The number of rotatable bonds is 0. The van der Waals surface area contributed by atoms with Crippen molar-refractivity contribution in [1.29, 1.82) is 0 Å². The van der Waals surface area contributed by atoms with E-state index in [-0.39, 0.29) is 0 Å². The minimum atomic E-state index is -0.489. The van der Waals surface area contributed by atoms with E-state index in [0.717, 1.165) is 10.9 Å². The largest absolute Gasteiger partial charge is 0.443 e. The molecule has 0 radical (unpaired) electrons. The summed E-state index contributed by atoms with van der Waals surface area (Å²) >= 11 is 0. The van der Waals surface area contributed by atoms with Crippen molar-refractivity contribution in [1.82, 2.24) is 0 Å². The maximum atomic E-state index is 10.9. The van der Waals surface area contributed by atoms with Gasteiger partial charge in [0.1, 0.15) is 0 Å². The van der Waals surface area contributed by atoms with Crippen molar-refractivity contribution in [3.63, 3.8) is 0 Å². The Labute approximate surface area is 121 Å². The van der Waals surface area contributed by atoms with Crippen molar-refractivity contribution in [2.75, 3.05) is 0 Å². The Bertz CT molecular complexity index is 644. The molecule has 0 atom stereocenters. The lowest BCUT2D eigenvalue weighted by Crippen LogP contribution is -2.52. The molecule has 20 heavy (non-hydrogen) atoms. The molecule has 2 heteroatoms. The van der Waals surface area contributed by atoms with Gasteiger partial charge in [0.05, 0.1) is 0 Å². The Morgan fingerprint density at radius 1 is 0.800 bits per heavy atom. The van der Waals surface area contributed by atoms with Crippen LogP contribution in [-0.4, -0.2) is 11.9 Å². The Balaban J connectivity index is 2.33. The third kappa shape index (κ3) is 1.82. The van der Waals surface area contributed by atoms with Gasteiger partial charge in [-0.25, -0.2) is 0 Å². The van der Waals surface area contributed by atoms with Crippen LogP contribution in [0.25, 0.3) is 0 Å². The van der Waals surface area contributed by atoms with E-state index >= 15 is 0 Å². The van der Waals surface area contributed by atoms with Gasteiger partial charge in [-0.15, -0.1) is 0 Å². The minimum Gasteiger partial charge on any atom is -0.443 e. The molecule has 1 N–H and O–H groups in total. The molecule has 0 spiro atoms. The topological polar surface area (TPSA) is 20.2 Å². The van der Waals surface area contributed by atoms with Crippen molar-refractivity contribution in [2.24, 2.45) is 0 Å². The van der Waals surface area contributed by atoms with Crippen LogP contribution in [0, 0.1) is 27.7 Å². The van der Waals surface area contributed by atoms with Crippen LogP contribution in [0.4, 0.5) is 0 Å². The van der Waals surface area contributed by atoms with Crippen LogP contribution in [0.5, 0.6) is 0 Å². The van der Waals surface area contributed by atoms with Gasteiger partial charge in [-0.3, -0.25) is 0 Å². The first-order valence-corrected chi connectivity index (χ1v) is 7.30. The summed E-state index contributed by atoms with van der Waals surface area (Å²) in [5, 5.41) is 10.9. The highest BCUT2D eigenvalue weighted by atomic mass is 16.2. The van der Waals surface area contributed by atoms with Gasteiger partial charge < -0.3 is 5.02 Å². The van der Waals surface area contributed by atoms with Gasteiger partial charge in [0.15, 0.2) is 0 Å². The van der Waals surface area contributed by atoms with E-state index in [1.165, 1.54) is 33.4 Å². The average molecular weight is 264 g/mol. The standard InChI is InChI=1S/C18H21BO/c1-10-6-12(3)17-15(8-10)14(5)16-9-11(2)7-13(4)18(16)19(17)20/h6-9,14,20H,1-5H3. The summed E-state index contributed by atoms with van der Waals surface area (Å²) in [6.07, 6.45) is 0. The number of aryl methyl sites for hydroxylation is 4. The molecule has 1 aliphatic heterocycles. The highest BCUT2D eigenvalue weighted by Gasteiger charge is 2.34. The van der Waals surface area contributed by atoms with Crippen LogP contribution in [0.3, 0.4) is 0 Å². The molecule has 1 nitrogen and oxygen atoms in total. The van der Waals surface area contributed by atoms with Gasteiger partial charge in [0, 0.05) is 5.92 Å². The Morgan fingerprint density at radius 2 is 1.20 bits per heavy atom. The maximum Gasteiger partial charge on any atom is 0.360 e. The summed E-state index contributed by atoms with van der Waals surface area (Å²) in [5.74, 6) is 0.348. The third-order valence-electron chi connectivity index (χ3n) is 4.61. The fraction of sp³-hybridized carbons (Fsp3) is 0.333. The summed E-state index contributed by atoms with van der Waals surface area (Å²) in [7, 11) is 0. The lowest BCUT2D eigenvalue weighted by Gasteiger charge is -2.31. The van der Waals surface area contributed by atoms with E-state index in [0.29, 0.717) is 5.92 Å². The van der Waals surface area contributed by atoms with E-state index in [1.807, 2.05) is 0 Å². The molecule has 0 fully saturated rings. The molecule has 0 bridgehead atoms. The molecule has 3 rings (SSSR count). The van der Waals surface area contributed by atoms with Crippen molar-refractivity contribution in [3.05, 3.63) is 57.6 Å². The summed E-state index contributed by atoms with van der Waals surface area (Å²) < 4.78 is 0. The molecule has 0 unspecified atom stereocenters. The molecule has 1 aliphatic rings. The number of hydrogen-bond donors (Lipinski definition) is 1. The second-order valence-electron chi connectivity index (χ2n) is 6.29. The molecule has 0 saturated heterocycles. The van der Waals surface area contributed by atoms with Gasteiger partial charge in [0.25, 0.3) is 0 Å². The highest BCUT2D eigenvalue weighted by Crippen LogP contribution is 2.29. The predicted octanol–water partition coefficient (Wildman–Crippen LogP) is 2.48. The van der Waals surface area contributed by atoms with Crippen LogP contribution in [0.15, 0.2) is 24.3 Å². The lowest BCUT2D eigenvalue weighted by atomic mass is 9.46. The molecule has 0 aliphatic carbocycles. The second kappa shape index (κ2) is 4.49. The van der Waals surface area contributed by atoms with Crippen molar-refractivity contribution < 1.29 is 5.02 Å². The normalized spacial score (nSPS) is 14.2. The zero-order valence-electron chi connectivity index (χ0n) is 12.9. The molecular weight excluding hydrogens is 243 g/mol. The first-order valence-electron chi connectivity index (χ1n) is 7.30. The highest BCUT2D eigenvalue weighted by molar-refractivity contribution is 6.81. The zero-order valence-corrected chi connectivity index (χ0v) is 12.9. The van der Waals surface area contributed by atoms with E-state index in [4.69, 9.17) is 0 Å². The van der Waals surface area contributed by atoms with Crippen LogP contribution in [0.2, 0.25) is 0 Å². The first kappa shape index (κ1) is 13.4. The summed E-state index contributed by atoms with van der Waals surface area (Å²) in [4.78, 5) is 0. The van der Waals surface area contributed by atoms with Crippen molar-refractivity contribution >= 4 is 17.8 Å². The van der Waals surface area contributed by atoms with Crippen LogP contribution >= 0.6 is 0 Å². The van der Waals surface area contributed by atoms with Gasteiger partial charge in [0.2, 0.25) is 0 Å². The van der Waals surface area contributed by atoms with E-state index < -0.39 is 6.92 Å². The second-order valence-corrected chi connectivity index (χ2v) is 6.29. The Hall–Kier alpha value is -1.54. The van der Waals surface area contributed by atoms with Crippen LogP contribution in [-0.2, 0) is 0 Å². The summed E-state index contributed by atoms with van der Waals surface area (Å²) in [6, 6.07) is 8.81. The average Bonchev–Trinajstić information content (AvgIpc) is 2.34. The fourth-order valence-electron chi connectivity index (χ4n) is 3.80. The van der Waals surface area contributed by atoms with Crippen molar-refractivity contribution in [3.8, 4) is 0 Å². The Kier molecular flexibility index (Phi) is 3.02. The maximum absolute atomic E-state index is 10.9. The SMILES string of the molecule is Cc1cc(C)c2c(c1)C(C)c1cc(C)cc(C)c1B2O. The molecule has 2 aromatic carbocycles. The summed E-state index contributed by atoms with van der Waals surface area (Å²) in [5.41, 5.74) is 9.74. The fourth-order valence-corrected chi connectivity index (χ4v) is 3.80. The van der Waals surface area contributed by atoms with Gasteiger partial charge in [-0.1, -0.05) is 53.4 Å². The van der Waals surface area contributed by atoms with Crippen molar-refractivity contribution in [2.45, 2.75) is 40.5 Å². The quantitative estimate of drug-likeness (QED) is 0.725. The van der Waals surface area contributed by atoms with Gasteiger partial charge in [-0.05, 0) is 49.7 Å². The molecule has 2 aromatic rings. The Morgan fingerprint density at radius 3 is 1.60 bits per heavy atom. The third-order valence-corrected chi connectivity index (χ3v) is 4.61. The molecule has 102 valence electrons. The zero-order chi connectivity index (χ0) is 14.6. The van der Waals surface area contributed by atoms with E-state index in [2.05, 4.69) is 58.9 Å². The first-order chi connectivity index (χ1) is 9.40. The minimum absolute atomic E-state index is 0.348. The lowest BCUT2D eigenvalue weighted by molar-refractivity contribution is 0.596. The van der Waals surface area contributed by atoms with Crippen LogP contribution in [0.1, 0.15) is 46.2 Å².